The molecule has 0 heterocycles. The minimum atomic E-state index is -0.550. The molecule has 4 nitrogen and oxygen atoms in total. The van der Waals surface area contributed by atoms with Crippen LogP contribution in [0, 0.1) is 5.82 Å². The molecule has 0 radical (unpaired) electrons. The number of hydrogen-bond donors (Lipinski definition) is 1. The van der Waals surface area contributed by atoms with E-state index in [2.05, 4.69) is 5.32 Å². The van der Waals surface area contributed by atoms with Crippen LogP contribution in [0.4, 0.5) is 10.1 Å². The van der Waals surface area contributed by atoms with Gasteiger partial charge in [-0.1, -0.05) is 29.3 Å². The van der Waals surface area contributed by atoms with Crippen LogP contribution >= 0.6 is 23.2 Å². The van der Waals surface area contributed by atoms with Crippen molar-refractivity contribution in [1.82, 2.24) is 0 Å². The highest BCUT2D eigenvalue weighted by Gasteiger charge is 2.13. The second-order valence-corrected chi connectivity index (χ2v) is 6.93. The average molecular weight is 434 g/mol. The molecule has 7 heteroatoms. The van der Waals surface area contributed by atoms with Crippen LogP contribution in [0.2, 0.25) is 10.0 Å². The third-order valence-electron chi connectivity index (χ3n) is 3.99. The minimum absolute atomic E-state index is 0.0647. The van der Waals surface area contributed by atoms with Gasteiger partial charge in [-0.3, -0.25) is 4.79 Å². The summed E-state index contributed by atoms with van der Waals surface area (Å²) in [6.45, 7) is 2.55. The predicted octanol–water partition coefficient (Wildman–Crippen LogP) is 6.36. The monoisotopic (exact) mass is 433 g/mol. The maximum absolute atomic E-state index is 13.3. The van der Waals surface area contributed by atoms with Gasteiger partial charge in [-0.15, -0.1) is 0 Å². The van der Waals surface area contributed by atoms with Crippen molar-refractivity contribution >= 4 is 34.8 Å². The molecule has 150 valence electrons. The van der Waals surface area contributed by atoms with E-state index in [1.54, 1.807) is 42.5 Å². The molecule has 3 aromatic rings. The average Bonchev–Trinajstić information content (AvgIpc) is 2.70. The van der Waals surface area contributed by atoms with Gasteiger partial charge in [0.15, 0.2) is 0 Å². The van der Waals surface area contributed by atoms with E-state index in [4.69, 9.17) is 32.7 Å². The molecule has 0 fully saturated rings. The van der Waals surface area contributed by atoms with Crippen molar-refractivity contribution < 1.29 is 18.7 Å². The number of amides is 1. The molecule has 0 unspecified atom stereocenters. The molecular formula is C22H18Cl2FNO3. The first-order valence-corrected chi connectivity index (χ1v) is 9.62. The summed E-state index contributed by atoms with van der Waals surface area (Å²) in [4.78, 5) is 12.6. The topological polar surface area (TPSA) is 47.6 Å². The van der Waals surface area contributed by atoms with Gasteiger partial charge >= 0.3 is 0 Å². The zero-order chi connectivity index (χ0) is 20.8. The molecule has 0 aliphatic heterocycles. The fraction of sp³-hybridized carbons (Fsp3) is 0.136. The van der Waals surface area contributed by atoms with Gasteiger partial charge in [-0.05, 0) is 61.5 Å². The number of halogens is 3. The molecule has 0 aliphatic carbocycles. The molecule has 0 aromatic heterocycles. The van der Waals surface area contributed by atoms with Crippen LogP contribution in [0.3, 0.4) is 0 Å². The lowest BCUT2D eigenvalue weighted by atomic mass is 10.1. The van der Waals surface area contributed by atoms with E-state index in [9.17, 15) is 9.18 Å². The molecule has 0 bridgehead atoms. The molecule has 0 spiro atoms. The molecule has 1 N–H and O–H groups in total. The smallest absolute Gasteiger partial charge is 0.255 e. The number of hydrogen-bond acceptors (Lipinski definition) is 3. The lowest BCUT2D eigenvalue weighted by Gasteiger charge is -2.14. The second-order valence-electron chi connectivity index (χ2n) is 6.08. The van der Waals surface area contributed by atoms with Gasteiger partial charge in [-0.2, -0.15) is 0 Å². The zero-order valence-corrected chi connectivity index (χ0v) is 17.1. The summed E-state index contributed by atoms with van der Waals surface area (Å²) in [7, 11) is 0. The third kappa shape index (κ3) is 5.62. The molecule has 0 aliphatic rings. The van der Waals surface area contributed by atoms with Gasteiger partial charge in [0.25, 0.3) is 5.91 Å². The van der Waals surface area contributed by atoms with E-state index >= 15 is 0 Å². The number of rotatable bonds is 7. The number of carbonyl (C=O) groups excluding carboxylic acids is 1. The van der Waals surface area contributed by atoms with Crippen molar-refractivity contribution in [2.24, 2.45) is 0 Å². The predicted molar refractivity (Wildman–Crippen MR) is 113 cm³/mol. The van der Waals surface area contributed by atoms with E-state index < -0.39 is 5.82 Å². The summed E-state index contributed by atoms with van der Waals surface area (Å²) < 4.78 is 24.7. The molecule has 0 atom stereocenters. The summed E-state index contributed by atoms with van der Waals surface area (Å²) in [5.41, 5.74) is 1.50. The van der Waals surface area contributed by atoms with Gasteiger partial charge in [0.1, 0.15) is 23.9 Å². The van der Waals surface area contributed by atoms with Gasteiger partial charge in [-0.25, -0.2) is 4.39 Å². The lowest BCUT2D eigenvalue weighted by Crippen LogP contribution is -2.13. The first-order chi connectivity index (χ1) is 14.0. The van der Waals surface area contributed by atoms with Crippen LogP contribution in [0.1, 0.15) is 22.8 Å². The van der Waals surface area contributed by atoms with Crippen LogP contribution in [-0.4, -0.2) is 12.5 Å². The molecule has 0 saturated carbocycles. The van der Waals surface area contributed by atoms with E-state index in [1.807, 2.05) is 6.92 Å². The van der Waals surface area contributed by atoms with Crippen LogP contribution < -0.4 is 14.8 Å². The van der Waals surface area contributed by atoms with Crippen molar-refractivity contribution in [3.63, 3.8) is 0 Å². The standard InChI is InChI=1S/C22H18Cl2FNO3/c1-2-28-21-9-6-14(22(27)26-17-7-8-20(25)19(24)12-17)10-15(21)13-29-18-5-3-4-16(23)11-18/h3-12H,2,13H2,1H3,(H,26,27). The number of nitrogens with one attached hydrogen (secondary N) is 1. The Morgan fingerprint density at radius 2 is 1.86 bits per heavy atom. The van der Waals surface area contributed by atoms with Gasteiger partial charge in [0.2, 0.25) is 0 Å². The first-order valence-electron chi connectivity index (χ1n) is 8.86. The Morgan fingerprint density at radius 3 is 2.59 bits per heavy atom. The van der Waals surface area contributed by atoms with Crippen molar-refractivity contribution in [2.75, 3.05) is 11.9 Å². The van der Waals surface area contributed by atoms with Crippen LogP contribution in [0.5, 0.6) is 11.5 Å². The SMILES string of the molecule is CCOc1ccc(C(=O)Nc2ccc(F)c(Cl)c2)cc1COc1cccc(Cl)c1. The highest BCUT2D eigenvalue weighted by Crippen LogP contribution is 2.25. The summed E-state index contributed by atoms with van der Waals surface area (Å²) in [5.74, 6) is 0.317. The molecule has 0 saturated heterocycles. The van der Waals surface area contributed by atoms with Crippen LogP contribution in [0.15, 0.2) is 60.7 Å². The Kier molecular flexibility index (Phi) is 6.96. The fourth-order valence-electron chi connectivity index (χ4n) is 2.62. The molecule has 3 rings (SSSR count). The number of ether oxygens (including phenoxy) is 2. The lowest BCUT2D eigenvalue weighted by molar-refractivity contribution is 0.102. The maximum atomic E-state index is 13.3. The molecular weight excluding hydrogens is 416 g/mol. The van der Waals surface area contributed by atoms with E-state index in [-0.39, 0.29) is 17.5 Å². The van der Waals surface area contributed by atoms with Crippen molar-refractivity contribution in [3.8, 4) is 11.5 Å². The summed E-state index contributed by atoms with van der Waals surface area (Å²) in [6, 6.07) is 16.1. The normalized spacial score (nSPS) is 10.5. The Labute approximate surface area is 178 Å². The Bertz CT molecular complexity index is 1030. The second kappa shape index (κ2) is 9.63. The minimum Gasteiger partial charge on any atom is -0.493 e. The van der Waals surface area contributed by atoms with Crippen LogP contribution in [-0.2, 0) is 6.61 Å². The summed E-state index contributed by atoms with van der Waals surface area (Å²) in [6.07, 6.45) is 0. The summed E-state index contributed by atoms with van der Waals surface area (Å²) in [5, 5.41) is 3.20. The van der Waals surface area contributed by atoms with E-state index in [0.29, 0.717) is 39.9 Å². The van der Waals surface area contributed by atoms with Crippen molar-refractivity contribution in [1.29, 1.82) is 0 Å². The number of anilines is 1. The number of benzene rings is 3. The first kappa shape index (κ1) is 21.0. The largest absolute Gasteiger partial charge is 0.493 e. The highest BCUT2D eigenvalue weighted by molar-refractivity contribution is 6.31. The highest BCUT2D eigenvalue weighted by atomic mass is 35.5. The van der Waals surface area contributed by atoms with Crippen LogP contribution in [0.25, 0.3) is 0 Å². The van der Waals surface area contributed by atoms with Gasteiger partial charge in [0, 0.05) is 21.8 Å². The summed E-state index contributed by atoms with van der Waals surface area (Å²) >= 11 is 11.7. The Hall–Kier alpha value is -2.76. The van der Waals surface area contributed by atoms with Crippen molar-refractivity contribution in [3.05, 3.63) is 87.7 Å². The quantitative estimate of drug-likeness (QED) is 0.471. The third-order valence-corrected chi connectivity index (χ3v) is 4.52. The Balaban J connectivity index is 1.79. The van der Waals surface area contributed by atoms with Gasteiger partial charge in [0.05, 0.1) is 11.6 Å². The zero-order valence-electron chi connectivity index (χ0n) is 15.5. The van der Waals surface area contributed by atoms with E-state index in [1.165, 1.54) is 18.2 Å². The Morgan fingerprint density at radius 1 is 1.03 bits per heavy atom. The molecule has 1 amide bonds. The molecule has 3 aromatic carbocycles. The van der Waals surface area contributed by atoms with Gasteiger partial charge < -0.3 is 14.8 Å². The molecule has 29 heavy (non-hydrogen) atoms. The number of carbonyl (C=O) groups is 1. The maximum Gasteiger partial charge on any atom is 0.255 e. The fourth-order valence-corrected chi connectivity index (χ4v) is 2.99. The van der Waals surface area contributed by atoms with E-state index in [0.717, 1.165) is 0 Å². The van der Waals surface area contributed by atoms with Crippen molar-refractivity contribution in [2.45, 2.75) is 13.5 Å².